The molecule has 5 heteroatoms. The van der Waals surface area contributed by atoms with Crippen LogP contribution in [0.4, 0.5) is 0 Å². The maximum absolute atomic E-state index is 9.81. The van der Waals surface area contributed by atoms with Crippen LogP contribution in [-0.2, 0) is 18.2 Å². The van der Waals surface area contributed by atoms with Gasteiger partial charge in [0.1, 0.15) is 0 Å². The predicted molar refractivity (Wildman–Crippen MR) is 49.7 cm³/mol. The fourth-order valence-electron chi connectivity index (χ4n) is 1.74. The largest absolute Gasteiger partial charge is 0.390 e. The zero-order valence-corrected chi connectivity index (χ0v) is 8.26. The molecule has 0 saturated carbocycles. The van der Waals surface area contributed by atoms with Gasteiger partial charge in [-0.3, -0.25) is 4.68 Å². The van der Waals surface area contributed by atoms with Crippen molar-refractivity contribution in [3.63, 3.8) is 0 Å². The lowest BCUT2D eigenvalue weighted by Gasteiger charge is -2.15. The van der Waals surface area contributed by atoms with E-state index in [0.717, 1.165) is 25.1 Å². The van der Waals surface area contributed by atoms with Gasteiger partial charge >= 0.3 is 0 Å². The fourth-order valence-corrected chi connectivity index (χ4v) is 1.74. The van der Waals surface area contributed by atoms with Gasteiger partial charge in [-0.2, -0.15) is 0 Å². The molecule has 2 atom stereocenters. The topological polar surface area (TPSA) is 60.2 Å². The number of aliphatic hydroxyl groups excluding tert-OH is 1. The first kappa shape index (κ1) is 9.61. The Balaban J connectivity index is 1.90. The van der Waals surface area contributed by atoms with Crippen molar-refractivity contribution in [2.75, 3.05) is 6.61 Å². The molecular weight excluding hydrogens is 182 g/mol. The van der Waals surface area contributed by atoms with Gasteiger partial charge in [0.25, 0.3) is 0 Å². The summed E-state index contributed by atoms with van der Waals surface area (Å²) in [5, 5.41) is 17.5. The lowest BCUT2D eigenvalue weighted by Crippen LogP contribution is -2.27. The number of nitrogens with zero attached hydrogens (tertiary/aromatic N) is 3. The highest BCUT2D eigenvalue weighted by Crippen LogP contribution is 2.17. The van der Waals surface area contributed by atoms with Crippen molar-refractivity contribution in [2.24, 2.45) is 7.05 Å². The Morgan fingerprint density at radius 1 is 1.79 bits per heavy atom. The van der Waals surface area contributed by atoms with Gasteiger partial charge in [-0.25, -0.2) is 0 Å². The highest BCUT2D eigenvalue weighted by molar-refractivity contribution is 4.95. The maximum atomic E-state index is 9.81. The van der Waals surface area contributed by atoms with Gasteiger partial charge in [-0.1, -0.05) is 5.21 Å². The Labute approximate surface area is 82.7 Å². The first-order valence-corrected chi connectivity index (χ1v) is 4.90. The van der Waals surface area contributed by atoms with Crippen LogP contribution in [-0.4, -0.2) is 38.9 Å². The van der Waals surface area contributed by atoms with Crippen LogP contribution < -0.4 is 0 Å². The molecule has 2 unspecified atom stereocenters. The van der Waals surface area contributed by atoms with Gasteiger partial charge in [0.2, 0.25) is 0 Å². The summed E-state index contributed by atoms with van der Waals surface area (Å²) < 4.78 is 7.03. The van der Waals surface area contributed by atoms with Crippen LogP contribution in [0.15, 0.2) is 6.20 Å². The predicted octanol–water partition coefficient (Wildman–Crippen LogP) is -0.103. The molecule has 78 valence electrons. The monoisotopic (exact) mass is 197 g/mol. The van der Waals surface area contributed by atoms with Crippen LogP contribution in [0.25, 0.3) is 0 Å². The van der Waals surface area contributed by atoms with E-state index in [1.807, 2.05) is 13.2 Å². The first-order valence-electron chi connectivity index (χ1n) is 4.90. The Morgan fingerprint density at radius 3 is 3.21 bits per heavy atom. The molecule has 5 nitrogen and oxygen atoms in total. The normalized spacial score (nSPS) is 24.0. The molecule has 1 saturated heterocycles. The lowest BCUT2D eigenvalue weighted by atomic mass is 10.1. The van der Waals surface area contributed by atoms with E-state index in [1.54, 1.807) is 4.68 Å². The summed E-state index contributed by atoms with van der Waals surface area (Å²) in [5.74, 6) is 0. The van der Waals surface area contributed by atoms with E-state index in [0.29, 0.717) is 6.42 Å². The number of aromatic nitrogens is 3. The van der Waals surface area contributed by atoms with Crippen LogP contribution in [0.3, 0.4) is 0 Å². The Kier molecular flexibility index (Phi) is 2.79. The molecule has 0 amide bonds. The van der Waals surface area contributed by atoms with Crippen molar-refractivity contribution in [1.29, 1.82) is 0 Å². The van der Waals surface area contributed by atoms with E-state index in [1.165, 1.54) is 0 Å². The van der Waals surface area contributed by atoms with Crippen LogP contribution in [0.2, 0.25) is 0 Å². The molecule has 0 spiro atoms. The number of ether oxygens (including phenoxy) is 1. The summed E-state index contributed by atoms with van der Waals surface area (Å²) in [6.45, 7) is 0.766. The van der Waals surface area contributed by atoms with Gasteiger partial charge in [0.05, 0.1) is 17.9 Å². The Bertz CT molecular complexity index is 294. The van der Waals surface area contributed by atoms with Crippen molar-refractivity contribution in [3.8, 4) is 0 Å². The van der Waals surface area contributed by atoms with Crippen molar-refractivity contribution in [2.45, 2.75) is 31.5 Å². The Morgan fingerprint density at radius 2 is 2.64 bits per heavy atom. The van der Waals surface area contributed by atoms with Gasteiger partial charge in [0.15, 0.2) is 0 Å². The smallest absolute Gasteiger partial charge is 0.0858 e. The highest BCUT2D eigenvalue weighted by Gasteiger charge is 2.24. The summed E-state index contributed by atoms with van der Waals surface area (Å²) in [7, 11) is 1.81. The second-order valence-electron chi connectivity index (χ2n) is 3.71. The second-order valence-corrected chi connectivity index (χ2v) is 3.71. The minimum absolute atomic E-state index is 0.0167. The van der Waals surface area contributed by atoms with Gasteiger partial charge in [-0.05, 0) is 12.8 Å². The summed E-state index contributed by atoms with van der Waals surface area (Å²) in [6.07, 6.45) is 3.87. The Hall–Kier alpha value is -0.940. The quantitative estimate of drug-likeness (QED) is 0.735. The fraction of sp³-hybridized carbons (Fsp3) is 0.778. The summed E-state index contributed by atoms with van der Waals surface area (Å²) >= 11 is 0. The number of hydrogen-bond acceptors (Lipinski definition) is 4. The molecule has 1 aromatic rings. The second kappa shape index (κ2) is 4.06. The van der Waals surface area contributed by atoms with E-state index in [-0.39, 0.29) is 6.10 Å². The average Bonchev–Trinajstić information content (AvgIpc) is 2.75. The van der Waals surface area contributed by atoms with Crippen LogP contribution in [0, 0.1) is 0 Å². The van der Waals surface area contributed by atoms with E-state index in [4.69, 9.17) is 4.74 Å². The van der Waals surface area contributed by atoms with Gasteiger partial charge < -0.3 is 9.84 Å². The molecule has 1 fully saturated rings. The highest BCUT2D eigenvalue weighted by atomic mass is 16.5. The minimum atomic E-state index is -0.450. The van der Waals surface area contributed by atoms with Crippen LogP contribution in [0.1, 0.15) is 18.5 Å². The number of hydrogen-bond donors (Lipinski definition) is 1. The number of rotatable bonds is 3. The van der Waals surface area contributed by atoms with Crippen molar-refractivity contribution >= 4 is 0 Å². The molecule has 1 N–H and O–H groups in total. The van der Waals surface area contributed by atoms with Crippen molar-refractivity contribution in [1.82, 2.24) is 15.0 Å². The SMILES string of the molecule is Cn1cc(CC(O)C2CCCO2)nn1. The average molecular weight is 197 g/mol. The zero-order chi connectivity index (χ0) is 9.97. The molecule has 2 rings (SSSR count). The number of aryl methyl sites for hydroxylation is 1. The third kappa shape index (κ3) is 2.10. The molecule has 2 heterocycles. The molecule has 0 bridgehead atoms. The molecular formula is C9H15N3O2. The summed E-state index contributed by atoms with van der Waals surface area (Å²) in [5.41, 5.74) is 0.815. The lowest BCUT2D eigenvalue weighted by molar-refractivity contribution is -0.00122. The van der Waals surface area contributed by atoms with Crippen LogP contribution >= 0.6 is 0 Å². The first-order chi connectivity index (χ1) is 6.75. The molecule has 0 aliphatic carbocycles. The summed E-state index contributed by atoms with van der Waals surface area (Å²) in [6, 6.07) is 0. The molecule has 0 radical (unpaired) electrons. The van der Waals surface area contributed by atoms with Crippen LogP contribution in [0.5, 0.6) is 0 Å². The molecule has 1 aliphatic heterocycles. The maximum Gasteiger partial charge on any atom is 0.0858 e. The van der Waals surface area contributed by atoms with Crippen molar-refractivity contribution in [3.05, 3.63) is 11.9 Å². The minimum Gasteiger partial charge on any atom is -0.390 e. The van der Waals surface area contributed by atoms with Gasteiger partial charge in [-0.15, -0.1) is 5.10 Å². The molecule has 1 aromatic heterocycles. The molecule has 1 aliphatic rings. The third-order valence-corrected chi connectivity index (χ3v) is 2.46. The summed E-state index contributed by atoms with van der Waals surface area (Å²) in [4.78, 5) is 0. The standard InChI is InChI=1S/C9H15N3O2/c1-12-6-7(10-11-12)5-8(13)9-3-2-4-14-9/h6,8-9,13H,2-5H2,1H3. The van der Waals surface area contributed by atoms with E-state index in [2.05, 4.69) is 10.3 Å². The van der Waals surface area contributed by atoms with E-state index < -0.39 is 6.10 Å². The molecule has 0 aromatic carbocycles. The third-order valence-electron chi connectivity index (χ3n) is 2.46. The number of aliphatic hydroxyl groups is 1. The van der Waals surface area contributed by atoms with E-state index >= 15 is 0 Å². The van der Waals surface area contributed by atoms with Crippen molar-refractivity contribution < 1.29 is 9.84 Å². The van der Waals surface area contributed by atoms with E-state index in [9.17, 15) is 5.11 Å². The van der Waals surface area contributed by atoms with Gasteiger partial charge in [0, 0.05) is 26.3 Å². The zero-order valence-electron chi connectivity index (χ0n) is 8.26. The molecule has 14 heavy (non-hydrogen) atoms.